The molecule has 1 atom stereocenters. The van der Waals surface area contributed by atoms with Gasteiger partial charge in [-0.05, 0) is 18.1 Å². The van der Waals surface area contributed by atoms with Crippen molar-refractivity contribution in [1.82, 2.24) is 4.90 Å². The Hall–Kier alpha value is -0.590. The van der Waals surface area contributed by atoms with Gasteiger partial charge in [-0.1, -0.05) is 20.3 Å². The van der Waals surface area contributed by atoms with Crippen LogP contribution in [-0.4, -0.2) is 32.8 Å². The van der Waals surface area contributed by atoms with Crippen LogP contribution in [0.25, 0.3) is 0 Å². The third kappa shape index (κ3) is 5.12. The summed E-state index contributed by atoms with van der Waals surface area (Å²) >= 11 is 1.04. The van der Waals surface area contributed by atoms with Gasteiger partial charge in [0, 0.05) is 29.2 Å². The van der Waals surface area contributed by atoms with E-state index in [2.05, 4.69) is 13.8 Å². The summed E-state index contributed by atoms with van der Waals surface area (Å²) in [6, 6.07) is 3.07. The zero-order chi connectivity index (χ0) is 14.6. The second-order valence-electron chi connectivity index (χ2n) is 4.62. The van der Waals surface area contributed by atoms with Crippen molar-refractivity contribution in [1.29, 1.82) is 0 Å². The lowest BCUT2D eigenvalue weighted by Crippen LogP contribution is -2.31. The summed E-state index contributed by atoms with van der Waals surface area (Å²) in [6.45, 7) is 4.88. The molecule has 0 aliphatic rings. The molecule has 0 bridgehead atoms. The van der Waals surface area contributed by atoms with Crippen LogP contribution < -0.4 is 0 Å². The van der Waals surface area contributed by atoms with Crippen molar-refractivity contribution >= 4 is 37.0 Å². The largest absolute Gasteiger partial charge is 0.345 e. The van der Waals surface area contributed by atoms with Gasteiger partial charge in [-0.3, -0.25) is 4.79 Å². The summed E-state index contributed by atoms with van der Waals surface area (Å²) in [5.74, 6) is 0.441. The Bertz CT molecular complexity index is 539. The van der Waals surface area contributed by atoms with Crippen molar-refractivity contribution in [2.45, 2.75) is 30.9 Å². The lowest BCUT2D eigenvalue weighted by molar-refractivity contribution is -0.129. The number of nitrogens with zero attached hydrogens (tertiary/aromatic N) is 1. The van der Waals surface area contributed by atoms with Crippen molar-refractivity contribution in [3.8, 4) is 0 Å². The molecule has 0 aromatic carbocycles. The van der Waals surface area contributed by atoms with E-state index in [1.807, 2.05) is 0 Å². The van der Waals surface area contributed by atoms with Gasteiger partial charge in [0.05, 0.1) is 6.42 Å². The molecule has 108 valence electrons. The van der Waals surface area contributed by atoms with Crippen LogP contribution in [0.4, 0.5) is 0 Å². The van der Waals surface area contributed by atoms with Crippen molar-refractivity contribution in [2.24, 2.45) is 5.92 Å². The van der Waals surface area contributed by atoms with Gasteiger partial charge >= 0.3 is 0 Å². The Balaban J connectivity index is 2.65. The number of hydrogen-bond acceptors (Lipinski definition) is 4. The fourth-order valence-electron chi connectivity index (χ4n) is 1.57. The summed E-state index contributed by atoms with van der Waals surface area (Å²) in [5.41, 5.74) is 0. The monoisotopic (exact) mass is 323 g/mol. The highest BCUT2D eigenvalue weighted by Crippen LogP contribution is 2.25. The maximum absolute atomic E-state index is 12.0. The summed E-state index contributed by atoms with van der Waals surface area (Å²) in [7, 11) is 3.32. The third-order valence-corrected chi connectivity index (χ3v) is 6.09. The molecule has 0 saturated carbocycles. The molecule has 0 spiro atoms. The van der Waals surface area contributed by atoms with Crippen molar-refractivity contribution in [3.63, 3.8) is 0 Å². The average molecular weight is 324 g/mol. The minimum atomic E-state index is -3.70. The molecule has 0 N–H and O–H groups in total. The first kappa shape index (κ1) is 16.5. The van der Waals surface area contributed by atoms with Gasteiger partial charge in [-0.2, -0.15) is 0 Å². The van der Waals surface area contributed by atoms with Gasteiger partial charge in [0.15, 0.2) is 0 Å². The number of rotatable bonds is 6. The van der Waals surface area contributed by atoms with Crippen molar-refractivity contribution < 1.29 is 13.2 Å². The van der Waals surface area contributed by atoms with Crippen LogP contribution in [0.5, 0.6) is 0 Å². The molecule has 7 heteroatoms. The van der Waals surface area contributed by atoms with E-state index < -0.39 is 9.05 Å². The molecule has 1 amide bonds. The van der Waals surface area contributed by atoms with Gasteiger partial charge in [0.2, 0.25) is 5.91 Å². The molecule has 1 aromatic rings. The molecule has 0 fully saturated rings. The van der Waals surface area contributed by atoms with Crippen molar-refractivity contribution in [2.75, 3.05) is 13.6 Å². The SMILES string of the molecule is CCC(C)CN(C)C(=O)Cc1ccc(S(=O)(=O)Cl)s1. The van der Waals surface area contributed by atoms with Crippen molar-refractivity contribution in [3.05, 3.63) is 17.0 Å². The molecule has 1 aromatic heterocycles. The Labute approximate surface area is 122 Å². The normalized spacial score (nSPS) is 13.3. The highest BCUT2D eigenvalue weighted by atomic mass is 35.7. The molecule has 0 radical (unpaired) electrons. The van der Waals surface area contributed by atoms with Crippen LogP contribution in [0.15, 0.2) is 16.3 Å². The number of amides is 1. The Kier molecular flexibility index (Phi) is 5.82. The molecule has 1 unspecified atom stereocenters. The standard InChI is InChI=1S/C12H18ClNO3S2/c1-4-9(2)8-14(3)11(15)7-10-5-6-12(18-10)19(13,16)17/h5-6,9H,4,7-8H2,1-3H3. The number of carbonyl (C=O) groups is 1. The number of hydrogen-bond donors (Lipinski definition) is 0. The topological polar surface area (TPSA) is 54.5 Å². The number of halogens is 1. The van der Waals surface area contributed by atoms with Gasteiger partial charge in [-0.25, -0.2) is 8.42 Å². The maximum Gasteiger partial charge on any atom is 0.270 e. The molecule has 1 rings (SSSR count). The molecular weight excluding hydrogens is 306 g/mol. The van der Waals surface area contributed by atoms with Crippen LogP contribution in [-0.2, 0) is 20.3 Å². The van der Waals surface area contributed by atoms with Gasteiger partial charge in [0.25, 0.3) is 9.05 Å². The Morgan fingerprint density at radius 2 is 2.11 bits per heavy atom. The lowest BCUT2D eigenvalue weighted by atomic mass is 10.1. The smallest absolute Gasteiger partial charge is 0.270 e. The molecular formula is C12H18ClNO3S2. The summed E-state index contributed by atoms with van der Waals surface area (Å²) in [4.78, 5) is 14.4. The van der Waals surface area contributed by atoms with Gasteiger partial charge in [-0.15, -0.1) is 11.3 Å². The van der Waals surface area contributed by atoms with E-state index in [-0.39, 0.29) is 16.5 Å². The predicted molar refractivity (Wildman–Crippen MR) is 78.2 cm³/mol. The highest BCUT2D eigenvalue weighted by molar-refractivity contribution is 8.15. The Morgan fingerprint density at radius 1 is 1.47 bits per heavy atom. The minimum Gasteiger partial charge on any atom is -0.345 e. The van der Waals surface area contributed by atoms with E-state index in [0.29, 0.717) is 17.3 Å². The molecule has 0 aliphatic carbocycles. The zero-order valence-corrected chi connectivity index (χ0v) is 13.6. The maximum atomic E-state index is 12.0. The van der Waals surface area contributed by atoms with E-state index in [1.165, 1.54) is 6.07 Å². The second kappa shape index (κ2) is 6.72. The average Bonchev–Trinajstić information content (AvgIpc) is 2.76. The van der Waals surface area contributed by atoms with Crippen LogP contribution in [0.3, 0.4) is 0 Å². The third-order valence-electron chi connectivity index (χ3n) is 2.91. The van der Waals surface area contributed by atoms with E-state index in [9.17, 15) is 13.2 Å². The van der Waals surface area contributed by atoms with E-state index in [1.54, 1.807) is 18.0 Å². The molecule has 0 aliphatic heterocycles. The van der Waals surface area contributed by atoms with Gasteiger partial charge in [0.1, 0.15) is 4.21 Å². The van der Waals surface area contributed by atoms with Crippen LogP contribution >= 0.6 is 22.0 Å². The summed E-state index contributed by atoms with van der Waals surface area (Å²) in [5, 5.41) is 0. The molecule has 0 saturated heterocycles. The summed E-state index contributed by atoms with van der Waals surface area (Å²) < 4.78 is 22.3. The molecule has 4 nitrogen and oxygen atoms in total. The first-order valence-electron chi connectivity index (χ1n) is 6.01. The Morgan fingerprint density at radius 3 is 2.58 bits per heavy atom. The predicted octanol–water partition coefficient (Wildman–Crippen LogP) is 2.72. The number of likely N-dealkylation sites (N-methyl/N-ethyl adjacent to an activating group) is 1. The van der Waals surface area contributed by atoms with Gasteiger partial charge < -0.3 is 4.90 Å². The first-order chi connectivity index (χ1) is 8.74. The zero-order valence-electron chi connectivity index (χ0n) is 11.2. The minimum absolute atomic E-state index is 0.0133. The number of thiophene rings is 1. The van der Waals surface area contributed by atoms with Crippen LogP contribution in [0.1, 0.15) is 25.1 Å². The van der Waals surface area contributed by atoms with Crippen LogP contribution in [0.2, 0.25) is 0 Å². The fraction of sp³-hybridized carbons (Fsp3) is 0.583. The van der Waals surface area contributed by atoms with E-state index in [4.69, 9.17) is 10.7 Å². The fourth-order valence-corrected chi connectivity index (χ4v) is 3.68. The first-order valence-corrected chi connectivity index (χ1v) is 9.14. The molecule has 1 heterocycles. The molecule has 19 heavy (non-hydrogen) atoms. The lowest BCUT2D eigenvalue weighted by Gasteiger charge is -2.20. The van der Waals surface area contributed by atoms with E-state index in [0.717, 1.165) is 17.8 Å². The quantitative estimate of drug-likeness (QED) is 0.756. The van der Waals surface area contributed by atoms with E-state index >= 15 is 0 Å². The number of carbonyl (C=O) groups excluding carboxylic acids is 1. The highest BCUT2D eigenvalue weighted by Gasteiger charge is 2.17. The summed E-state index contributed by atoms with van der Waals surface area (Å²) in [6.07, 6.45) is 1.23. The van der Waals surface area contributed by atoms with Crippen LogP contribution in [0, 0.1) is 5.92 Å². The second-order valence-corrected chi connectivity index (χ2v) is 8.58.